The summed E-state index contributed by atoms with van der Waals surface area (Å²) in [6, 6.07) is 0. The number of halogens is 1. The number of rotatable bonds is 0. The molecule has 7 heavy (non-hydrogen) atoms. The van der Waals surface area contributed by atoms with Gasteiger partial charge in [0.05, 0.1) is 0 Å². The van der Waals surface area contributed by atoms with Gasteiger partial charge in [-0.05, 0) is 0 Å². The Bertz CT molecular complexity index is 57.8. The molecule has 0 radical (unpaired) electrons. The van der Waals surface area contributed by atoms with E-state index in [4.69, 9.17) is 19.2 Å². The van der Waals surface area contributed by atoms with Crippen molar-refractivity contribution in [1.29, 1.82) is 0 Å². The van der Waals surface area contributed by atoms with Gasteiger partial charge in [-0.25, -0.2) is 4.57 Å². The average Bonchev–Trinajstić information content (AvgIpc) is 0.722. The number of hydrogen-bond acceptors (Lipinski definition) is 1. The normalized spacial score (nSPS) is 8.43. The molecule has 0 amide bonds. The van der Waals surface area contributed by atoms with E-state index in [9.17, 15) is 0 Å². The first-order valence-corrected chi connectivity index (χ1v) is 2.35. The fourth-order valence-electron chi connectivity index (χ4n) is 0. The van der Waals surface area contributed by atoms with Crippen LogP contribution >= 0.6 is 7.82 Å². The molecule has 0 rings (SSSR count). The van der Waals surface area contributed by atoms with Crippen molar-refractivity contribution in [3.8, 4) is 0 Å². The van der Waals surface area contributed by atoms with Gasteiger partial charge in [0.1, 0.15) is 0 Å². The van der Waals surface area contributed by atoms with Crippen LogP contribution in [0.1, 0.15) is 0 Å². The van der Waals surface area contributed by atoms with Crippen molar-refractivity contribution >= 4 is 17.9 Å². The molecule has 0 aliphatic heterocycles. The SMILES string of the molecule is F.O=P(O)(O)O.[BeH2]. The van der Waals surface area contributed by atoms with Gasteiger partial charge in [0.15, 0.2) is 0 Å². The van der Waals surface area contributed by atoms with Crippen molar-refractivity contribution in [3.63, 3.8) is 0 Å². The molecule has 0 spiro atoms. The molecule has 4 nitrogen and oxygen atoms in total. The van der Waals surface area contributed by atoms with E-state index in [1.54, 1.807) is 0 Å². The maximum atomic E-state index is 8.88. The Kier molecular flexibility index (Phi) is 9.79. The van der Waals surface area contributed by atoms with Gasteiger partial charge in [-0.3, -0.25) is 4.70 Å². The van der Waals surface area contributed by atoms with Crippen molar-refractivity contribution < 1.29 is 23.9 Å². The molecule has 0 bridgehead atoms. The topological polar surface area (TPSA) is 77.8 Å². The molecule has 0 atom stereocenters. The standard InChI is InChI=1S/Be.FH.H3O4P.2H/c;;1-5(2,3)4;;/h;1H;(H3,1,2,3,4);;. The Morgan fingerprint density at radius 1 is 1.14 bits per heavy atom. The van der Waals surface area contributed by atoms with Crippen LogP contribution < -0.4 is 0 Å². The van der Waals surface area contributed by atoms with Crippen LogP contribution in [0.3, 0.4) is 0 Å². The van der Waals surface area contributed by atoms with E-state index in [1.165, 1.54) is 0 Å². The second-order valence-electron chi connectivity index (χ2n) is 0.513. The van der Waals surface area contributed by atoms with Crippen molar-refractivity contribution in [3.05, 3.63) is 0 Å². The van der Waals surface area contributed by atoms with Crippen LogP contribution in [0, 0.1) is 0 Å². The van der Waals surface area contributed by atoms with Crippen LogP contribution in [0.5, 0.6) is 0 Å². The van der Waals surface area contributed by atoms with Crippen LogP contribution in [0.4, 0.5) is 4.70 Å². The van der Waals surface area contributed by atoms with Crippen molar-refractivity contribution in [2.45, 2.75) is 0 Å². The van der Waals surface area contributed by atoms with Crippen LogP contribution in [0.25, 0.3) is 0 Å². The Labute approximate surface area is 43.0 Å². The van der Waals surface area contributed by atoms with Crippen LogP contribution in [-0.2, 0) is 4.57 Å². The molecule has 0 saturated heterocycles. The van der Waals surface area contributed by atoms with E-state index in [2.05, 4.69) is 0 Å². The first-order chi connectivity index (χ1) is 2.00. The van der Waals surface area contributed by atoms with Gasteiger partial charge in [-0.2, -0.15) is 0 Å². The maximum absolute atomic E-state index is 8.88. The van der Waals surface area contributed by atoms with E-state index in [-0.39, 0.29) is 14.8 Å². The average molecular weight is 129 g/mol. The zero-order valence-corrected chi connectivity index (χ0v) is 3.50. The zero-order chi connectivity index (χ0) is 4.50. The molecule has 0 saturated carbocycles. The summed E-state index contributed by atoms with van der Waals surface area (Å²) in [5, 5.41) is 0. The summed E-state index contributed by atoms with van der Waals surface area (Å²) in [4.78, 5) is 21.6. The summed E-state index contributed by atoms with van der Waals surface area (Å²) in [6.07, 6.45) is 0. The van der Waals surface area contributed by atoms with Crippen molar-refractivity contribution in [2.75, 3.05) is 0 Å². The molecule has 0 aromatic carbocycles. The van der Waals surface area contributed by atoms with Gasteiger partial charge in [0.2, 0.25) is 0 Å². The summed E-state index contributed by atoms with van der Waals surface area (Å²) in [6.45, 7) is 0. The predicted octanol–water partition coefficient (Wildman–Crippen LogP) is -1.69. The van der Waals surface area contributed by atoms with E-state index >= 15 is 0 Å². The summed E-state index contributed by atoms with van der Waals surface area (Å²) < 4.78 is 8.88. The quantitative estimate of drug-likeness (QED) is 0.269. The van der Waals surface area contributed by atoms with Crippen molar-refractivity contribution in [2.24, 2.45) is 0 Å². The van der Waals surface area contributed by atoms with Crippen LogP contribution in [-0.4, -0.2) is 24.8 Å². The van der Waals surface area contributed by atoms with Crippen LogP contribution in [0.2, 0.25) is 0 Å². The Balaban J connectivity index is -0.0000000800. The molecule has 0 fully saturated rings. The third kappa shape index (κ3) is 2520. The minimum atomic E-state index is -4.64. The van der Waals surface area contributed by atoms with E-state index < -0.39 is 7.82 Å². The van der Waals surface area contributed by atoms with Gasteiger partial charge in [-0.1, -0.05) is 0 Å². The predicted molar refractivity (Wildman–Crippen MR) is 25.3 cm³/mol. The molecule has 0 aliphatic rings. The molecule has 7 heteroatoms. The fourth-order valence-corrected chi connectivity index (χ4v) is 0. The molecule has 3 N–H and O–H groups in total. The molecule has 44 valence electrons. The Morgan fingerprint density at radius 3 is 1.14 bits per heavy atom. The van der Waals surface area contributed by atoms with Gasteiger partial charge in [0.25, 0.3) is 0 Å². The fraction of sp³-hybridized carbons (Fsp3) is 0. The van der Waals surface area contributed by atoms with E-state index in [0.717, 1.165) is 0 Å². The second kappa shape index (κ2) is 4.37. The van der Waals surface area contributed by atoms with E-state index in [1.807, 2.05) is 0 Å². The van der Waals surface area contributed by atoms with Gasteiger partial charge in [-0.15, -0.1) is 0 Å². The van der Waals surface area contributed by atoms with E-state index in [0.29, 0.717) is 0 Å². The second-order valence-corrected chi connectivity index (χ2v) is 1.54. The molecule has 0 aromatic heterocycles. The van der Waals surface area contributed by atoms with Gasteiger partial charge in [0, 0.05) is 0 Å². The summed E-state index contributed by atoms with van der Waals surface area (Å²) in [7, 11) is -4.64. The summed E-state index contributed by atoms with van der Waals surface area (Å²) in [5.41, 5.74) is 0. The molecule has 0 heterocycles. The van der Waals surface area contributed by atoms with Gasteiger partial charge < -0.3 is 14.7 Å². The molecule has 0 unspecified atom stereocenters. The first-order valence-electron chi connectivity index (χ1n) is 0.783. The summed E-state index contributed by atoms with van der Waals surface area (Å²) in [5.74, 6) is 0. The number of phosphoric acid groups is 1. The molecule has 0 aliphatic carbocycles. The third-order valence-electron chi connectivity index (χ3n) is 0. The third-order valence-corrected chi connectivity index (χ3v) is 0. The zero-order valence-electron chi connectivity index (χ0n) is 2.61. The Hall–Kier alpha value is 0.209. The molecule has 0 aromatic rings. The van der Waals surface area contributed by atoms with Crippen molar-refractivity contribution in [1.82, 2.24) is 0 Å². The first kappa shape index (κ1) is 15.7. The van der Waals surface area contributed by atoms with Gasteiger partial charge >= 0.3 is 17.9 Å². The molecular formula is H6BeFO4P. The Morgan fingerprint density at radius 2 is 1.14 bits per heavy atom. The number of hydrogen-bond donors (Lipinski definition) is 3. The van der Waals surface area contributed by atoms with Crippen LogP contribution in [0.15, 0.2) is 0 Å². The molecular weight excluding hydrogens is 123 g/mol. The monoisotopic (exact) mass is 129 g/mol. The minimum absolute atomic E-state index is 0. The summed E-state index contributed by atoms with van der Waals surface area (Å²) >= 11 is 0.